The van der Waals surface area contributed by atoms with Crippen molar-refractivity contribution in [1.29, 1.82) is 0 Å². The molecule has 3 amide bonds. The summed E-state index contributed by atoms with van der Waals surface area (Å²) < 4.78 is 32.0. The molecule has 0 unspecified atom stereocenters. The summed E-state index contributed by atoms with van der Waals surface area (Å²) in [5.41, 5.74) is 16.0. The number of amides is 3. The predicted octanol–water partition coefficient (Wildman–Crippen LogP) is 31.7. The molecule has 15 rings (SSSR count). The van der Waals surface area contributed by atoms with Crippen molar-refractivity contribution in [2.45, 2.75) is 244 Å². The highest BCUT2D eigenvalue weighted by Crippen LogP contribution is 2.60. The number of carbonyl (C=O) groups excluding carboxylic acids is 3. The number of hydrogen-bond acceptors (Lipinski definition) is 7. The Kier molecular flexibility index (Phi) is 21.3. The molecule has 0 aromatic heterocycles. The van der Waals surface area contributed by atoms with E-state index < -0.39 is 11.8 Å². The van der Waals surface area contributed by atoms with Crippen LogP contribution in [0.3, 0.4) is 0 Å². The molecule has 1 aliphatic rings. The number of rotatable bonds is 23. The molecule has 1 aliphatic heterocycles. The number of hydrogen-bond donors (Lipinski definition) is 0. The first kappa shape index (κ1) is 80.4. The molecule has 1 heterocycles. The van der Waals surface area contributed by atoms with Crippen LogP contribution < -0.4 is 28.7 Å². The van der Waals surface area contributed by atoms with Gasteiger partial charge in [0.1, 0.15) is 46.0 Å². The third-order valence-electron chi connectivity index (χ3n) is 24.9. The first-order chi connectivity index (χ1) is 55.1. The summed E-state index contributed by atoms with van der Waals surface area (Å²) >= 11 is 0. The molecule has 9 heteroatoms. The Labute approximate surface area is 687 Å². The standard InChI is InChI=1S/C107H116N2O7/c1-53(2)66-33-27-34-67(54(3)4)99(66)108(26)105(110)82-50-86(114-102-72(59(13)14)39-30-40-73(102)60(15)16)94-79-46-48-81-91-80(47-45-78(90(79)91)93-85(49-65(25)89(82)97(93)94)113-101-70(57(9)10)37-29-38-71(101)58(11)12)95-87(115-103-74(61(17)18)41-31-42-75(103)62(19)20)51-83-92-84(107(112)109(106(83)111)100-68(55(5)6)35-28-36-69(100)56(7)8)52-88(96(81)98(92)95)116-104-76(63(21)22)43-32-44-77(104)64(23)24/h27-64H,1-26H3. The Morgan fingerprint density at radius 2 is 0.526 bits per heavy atom. The molecule has 14 aromatic carbocycles. The second-order valence-electron chi connectivity index (χ2n) is 36.7. The highest BCUT2D eigenvalue weighted by atomic mass is 16.5. The summed E-state index contributed by atoms with van der Waals surface area (Å²) in [5.74, 6) is 4.73. The summed E-state index contributed by atoms with van der Waals surface area (Å²) in [6, 6.07) is 55.7. The van der Waals surface area contributed by atoms with Crippen LogP contribution in [0, 0.1) is 6.92 Å². The fourth-order valence-electron chi connectivity index (χ4n) is 18.9. The number of carbonyl (C=O) groups is 3. The van der Waals surface area contributed by atoms with E-state index in [1.807, 2.05) is 30.1 Å². The highest BCUT2D eigenvalue weighted by molar-refractivity contribution is 6.48. The van der Waals surface area contributed by atoms with Crippen LogP contribution in [-0.4, -0.2) is 24.8 Å². The van der Waals surface area contributed by atoms with Gasteiger partial charge in [-0.25, -0.2) is 4.90 Å². The zero-order valence-electron chi connectivity index (χ0n) is 73.2. The lowest BCUT2D eigenvalue weighted by Gasteiger charge is -2.34. The van der Waals surface area contributed by atoms with Gasteiger partial charge in [-0.1, -0.05) is 300 Å². The number of anilines is 2. The average Bonchev–Trinajstić information content (AvgIpc) is 0.673. The van der Waals surface area contributed by atoms with E-state index >= 15 is 14.4 Å². The van der Waals surface area contributed by atoms with Gasteiger partial charge < -0.3 is 23.8 Å². The molecule has 0 N–H and O–H groups in total. The summed E-state index contributed by atoms with van der Waals surface area (Å²) in [5, 5.41) is 11.3. The number of benzene rings is 14. The van der Waals surface area contributed by atoms with Crippen LogP contribution >= 0.6 is 0 Å². The minimum Gasteiger partial charge on any atom is -0.456 e. The maximum atomic E-state index is 17.0. The smallest absolute Gasteiger partial charge is 0.266 e. The van der Waals surface area contributed by atoms with Crippen molar-refractivity contribution in [2.75, 3.05) is 16.8 Å². The molecule has 0 spiro atoms. The van der Waals surface area contributed by atoms with Gasteiger partial charge in [-0.3, -0.25) is 14.4 Å². The molecule has 0 bridgehead atoms. The third kappa shape index (κ3) is 13.1. The van der Waals surface area contributed by atoms with Gasteiger partial charge in [0.25, 0.3) is 17.7 Å². The molecule has 0 saturated heterocycles. The summed E-state index contributed by atoms with van der Waals surface area (Å²) in [7, 11) is 1.95. The van der Waals surface area contributed by atoms with E-state index in [2.05, 4.69) is 313 Å². The fraction of sp³-hybridized carbons (Fsp3) is 0.355. The summed E-state index contributed by atoms with van der Waals surface area (Å²) in [6.07, 6.45) is 0. The average molecular weight is 1540 g/mol. The number of ether oxygens (including phenoxy) is 4. The summed E-state index contributed by atoms with van der Waals surface area (Å²) in [4.78, 5) is 54.0. The molecule has 9 nitrogen and oxygen atoms in total. The number of nitrogens with zero attached hydrogens (tertiary/aromatic N) is 2. The van der Waals surface area contributed by atoms with Crippen molar-refractivity contribution >= 4 is 105 Å². The molecular formula is C107H116N2O7. The zero-order chi connectivity index (χ0) is 83.1. The molecule has 0 radical (unpaired) electrons. The minimum absolute atomic E-state index is 0.0399. The Morgan fingerprint density at radius 1 is 0.284 bits per heavy atom. The van der Waals surface area contributed by atoms with Crippen LogP contribution in [0.1, 0.15) is 341 Å². The third-order valence-corrected chi connectivity index (χ3v) is 24.9. The van der Waals surface area contributed by atoms with E-state index in [-0.39, 0.29) is 76.9 Å². The quantitative estimate of drug-likeness (QED) is 0.0358. The van der Waals surface area contributed by atoms with Gasteiger partial charge in [-0.05, 0) is 212 Å². The van der Waals surface area contributed by atoms with Gasteiger partial charge in [0.2, 0.25) is 0 Å². The second kappa shape index (κ2) is 30.7. The van der Waals surface area contributed by atoms with Crippen LogP contribution in [0.4, 0.5) is 11.4 Å². The lowest BCUT2D eigenvalue weighted by Crippen LogP contribution is -2.42. The van der Waals surface area contributed by atoms with Gasteiger partial charge in [-0.15, -0.1) is 0 Å². The molecule has 596 valence electrons. The van der Waals surface area contributed by atoms with Gasteiger partial charge in [0.15, 0.2) is 0 Å². The Hall–Kier alpha value is -10.8. The first-order valence-electron chi connectivity index (χ1n) is 42.7. The van der Waals surface area contributed by atoms with Crippen LogP contribution in [0.5, 0.6) is 46.0 Å². The molecular weight excluding hydrogens is 1430 g/mol. The largest absolute Gasteiger partial charge is 0.456 e. The maximum Gasteiger partial charge on any atom is 0.266 e. The number of para-hydroxylation sites is 6. The van der Waals surface area contributed by atoms with Gasteiger partial charge in [-0.2, -0.15) is 0 Å². The van der Waals surface area contributed by atoms with E-state index in [4.69, 9.17) is 18.9 Å². The predicted molar refractivity (Wildman–Crippen MR) is 488 cm³/mol. The first-order valence-corrected chi connectivity index (χ1v) is 42.7. The van der Waals surface area contributed by atoms with E-state index in [9.17, 15) is 0 Å². The van der Waals surface area contributed by atoms with Crippen molar-refractivity contribution in [3.63, 3.8) is 0 Å². The number of imide groups is 1. The Morgan fingerprint density at radius 3 is 0.802 bits per heavy atom. The van der Waals surface area contributed by atoms with E-state index in [0.717, 1.165) is 166 Å². The van der Waals surface area contributed by atoms with Crippen LogP contribution in [0.15, 0.2) is 158 Å². The van der Waals surface area contributed by atoms with E-state index in [1.54, 1.807) is 0 Å². The molecule has 0 aliphatic carbocycles. The minimum atomic E-state index is -0.425. The van der Waals surface area contributed by atoms with Crippen LogP contribution in [0.2, 0.25) is 0 Å². The molecule has 0 saturated carbocycles. The van der Waals surface area contributed by atoms with Crippen molar-refractivity contribution in [1.82, 2.24) is 0 Å². The molecule has 0 fully saturated rings. The van der Waals surface area contributed by atoms with Crippen LogP contribution in [-0.2, 0) is 0 Å². The van der Waals surface area contributed by atoms with Crippen molar-refractivity contribution in [2.24, 2.45) is 0 Å². The second-order valence-corrected chi connectivity index (χ2v) is 36.7. The van der Waals surface area contributed by atoms with Crippen molar-refractivity contribution in [3.8, 4) is 46.0 Å². The lowest BCUT2D eigenvalue weighted by atomic mass is 9.80. The van der Waals surface area contributed by atoms with E-state index in [1.165, 1.54) is 4.90 Å². The topological polar surface area (TPSA) is 94.6 Å². The van der Waals surface area contributed by atoms with E-state index in [0.29, 0.717) is 56.1 Å². The van der Waals surface area contributed by atoms with Crippen LogP contribution in [0.25, 0.3) is 75.4 Å². The highest BCUT2D eigenvalue weighted by Gasteiger charge is 2.42. The zero-order valence-corrected chi connectivity index (χ0v) is 73.2. The number of aryl methyl sites for hydroxylation is 1. The van der Waals surface area contributed by atoms with Crippen molar-refractivity contribution < 1.29 is 33.3 Å². The van der Waals surface area contributed by atoms with Gasteiger partial charge >= 0.3 is 0 Å². The van der Waals surface area contributed by atoms with Gasteiger partial charge in [0.05, 0.1) is 28.1 Å². The normalized spacial score (nSPS) is 13.0. The molecule has 0 atom stereocenters. The Bertz CT molecular complexity index is 5950. The molecule has 14 aromatic rings. The Balaban J connectivity index is 1.20. The monoisotopic (exact) mass is 1540 g/mol. The maximum absolute atomic E-state index is 17.0. The SMILES string of the molecule is Cc1cc(Oc2c(C(C)C)cccc2C(C)C)c2c3ccc4c5c(Oc6c(C(C)C)cccc6C(C)C)cc6c7c(cc(Oc8c(C(C)C)cccc8C(C)C)c(c8ccc(c9c(Oc%10c(C(C)C)cccc%10C(C)C)cc(C(=O)N(C)c%10c(C(C)C)cccc%10C(C)C)c1c29)c3c48)c75)C(=O)N(c1c(C(C)C)cccc1C(C)C)C6=O. The summed E-state index contributed by atoms with van der Waals surface area (Å²) in [6.45, 7) is 54.9. The lowest BCUT2D eigenvalue weighted by molar-refractivity contribution is 0.0891. The fourth-order valence-corrected chi connectivity index (χ4v) is 18.9. The number of fused-ring (bicyclic) bond motifs is 4. The van der Waals surface area contributed by atoms with Crippen molar-refractivity contribution in [3.05, 3.63) is 247 Å². The molecule has 116 heavy (non-hydrogen) atoms. The van der Waals surface area contributed by atoms with Gasteiger partial charge in [0, 0.05) is 44.8 Å².